The van der Waals surface area contributed by atoms with Crippen LogP contribution in [0, 0.1) is 0 Å². The number of hydrogen-bond acceptors (Lipinski definition) is 5. The molecule has 5 nitrogen and oxygen atoms in total. The summed E-state index contributed by atoms with van der Waals surface area (Å²) in [6, 6.07) is 10.7. The zero-order valence-corrected chi connectivity index (χ0v) is 17.1. The molecule has 0 radical (unpaired) electrons. The van der Waals surface area contributed by atoms with Crippen LogP contribution >= 0.6 is 11.3 Å². The molecular formula is C22H17F3N4OS. The molecule has 4 heterocycles. The fourth-order valence-corrected chi connectivity index (χ4v) is 4.83. The lowest BCUT2D eigenvalue weighted by Crippen LogP contribution is -2.35. The van der Waals surface area contributed by atoms with Gasteiger partial charge in [0.15, 0.2) is 0 Å². The van der Waals surface area contributed by atoms with Crippen molar-refractivity contribution in [1.82, 2.24) is 19.9 Å². The summed E-state index contributed by atoms with van der Waals surface area (Å²) in [6.45, 7) is 1.95. The van der Waals surface area contributed by atoms with Crippen LogP contribution in [0.4, 0.5) is 13.2 Å². The average molecular weight is 442 g/mol. The summed E-state index contributed by atoms with van der Waals surface area (Å²) in [5.74, 6) is 0.293. The number of pyridine rings is 1. The van der Waals surface area contributed by atoms with Crippen LogP contribution in [0.5, 0.6) is 0 Å². The first-order valence-corrected chi connectivity index (χ1v) is 10.5. The monoisotopic (exact) mass is 442 g/mol. The molecule has 0 saturated carbocycles. The highest BCUT2D eigenvalue weighted by Gasteiger charge is 2.30. The Morgan fingerprint density at radius 3 is 2.71 bits per heavy atom. The lowest BCUT2D eigenvalue weighted by Gasteiger charge is -2.27. The van der Waals surface area contributed by atoms with Crippen molar-refractivity contribution >= 4 is 21.6 Å². The first-order chi connectivity index (χ1) is 14.9. The van der Waals surface area contributed by atoms with E-state index in [0.29, 0.717) is 35.6 Å². The van der Waals surface area contributed by atoms with Gasteiger partial charge in [0.1, 0.15) is 10.7 Å². The van der Waals surface area contributed by atoms with Gasteiger partial charge in [-0.05, 0) is 24.3 Å². The summed E-state index contributed by atoms with van der Waals surface area (Å²) < 4.78 is 38.4. The number of nitrogens with zero attached hydrogens (tertiary/aromatic N) is 3. The lowest BCUT2D eigenvalue weighted by atomic mass is 10.1. The molecular weight excluding hydrogens is 425 g/mol. The van der Waals surface area contributed by atoms with Crippen molar-refractivity contribution in [1.29, 1.82) is 0 Å². The van der Waals surface area contributed by atoms with Gasteiger partial charge in [0.2, 0.25) is 0 Å². The number of aromatic amines is 1. The van der Waals surface area contributed by atoms with Crippen molar-refractivity contribution < 1.29 is 13.2 Å². The Morgan fingerprint density at radius 1 is 1.16 bits per heavy atom. The first-order valence-electron chi connectivity index (χ1n) is 9.72. The zero-order valence-electron chi connectivity index (χ0n) is 16.2. The highest BCUT2D eigenvalue weighted by atomic mass is 32.1. The smallest absolute Gasteiger partial charge is 0.306 e. The SMILES string of the molecule is O=c1[nH]c(-c2ccc(C(F)(F)F)cc2)nc2c1CN(Cc1cc3cccnc3s1)CC2. The van der Waals surface area contributed by atoms with Crippen molar-refractivity contribution in [2.45, 2.75) is 25.7 Å². The van der Waals surface area contributed by atoms with Crippen LogP contribution in [0.1, 0.15) is 21.7 Å². The summed E-state index contributed by atoms with van der Waals surface area (Å²) in [5, 5.41) is 1.11. The molecule has 4 aromatic rings. The number of hydrogen-bond donors (Lipinski definition) is 1. The van der Waals surface area contributed by atoms with Gasteiger partial charge in [-0.2, -0.15) is 13.2 Å². The van der Waals surface area contributed by atoms with E-state index in [1.54, 1.807) is 17.5 Å². The number of H-pyrrole nitrogens is 1. The van der Waals surface area contributed by atoms with Crippen molar-refractivity contribution in [2.75, 3.05) is 6.54 Å². The Labute approximate surface area is 179 Å². The van der Waals surface area contributed by atoms with E-state index in [1.807, 2.05) is 12.1 Å². The summed E-state index contributed by atoms with van der Waals surface area (Å²) in [4.78, 5) is 28.7. The van der Waals surface area contributed by atoms with Gasteiger partial charge in [-0.3, -0.25) is 9.69 Å². The van der Waals surface area contributed by atoms with Gasteiger partial charge in [-0.25, -0.2) is 9.97 Å². The summed E-state index contributed by atoms with van der Waals surface area (Å²) >= 11 is 1.64. The third-order valence-electron chi connectivity index (χ3n) is 5.36. The van der Waals surface area contributed by atoms with Crippen molar-refractivity contribution in [2.24, 2.45) is 0 Å². The van der Waals surface area contributed by atoms with Crippen molar-refractivity contribution in [3.05, 3.63) is 80.7 Å². The maximum Gasteiger partial charge on any atom is 0.416 e. The van der Waals surface area contributed by atoms with Gasteiger partial charge in [0, 0.05) is 48.1 Å². The van der Waals surface area contributed by atoms with Gasteiger partial charge >= 0.3 is 6.18 Å². The average Bonchev–Trinajstić information content (AvgIpc) is 3.16. The molecule has 1 aliphatic heterocycles. The molecule has 0 saturated heterocycles. The van der Waals surface area contributed by atoms with Crippen molar-refractivity contribution in [3.63, 3.8) is 0 Å². The van der Waals surface area contributed by atoms with Gasteiger partial charge < -0.3 is 4.98 Å². The van der Waals surface area contributed by atoms with E-state index in [4.69, 9.17) is 0 Å². The summed E-state index contributed by atoms with van der Waals surface area (Å²) in [5.41, 5.74) is 0.786. The molecule has 31 heavy (non-hydrogen) atoms. The molecule has 0 aliphatic carbocycles. The number of aromatic nitrogens is 3. The van der Waals surface area contributed by atoms with Crippen molar-refractivity contribution in [3.8, 4) is 11.4 Å². The molecule has 158 valence electrons. The molecule has 0 spiro atoms. The molecule has 1 N–H and O–H groups in total. The number of benzene rings is 1. The Kier molecular flexibility index (Phi) is 4.86. The van der Waals surface area contributed by atoms with Crippen LogP contribution in [0.3, 0.4) is 0 Å². The predicted molar refractivity (Wildman–Crippen MR) is 113 cm³/mol. The van der Waals surface area contributed by atoms with E-state index in [-0.39, 0.29) is 5.56 Å². The third-order valence-corrected chi connectivity index (χ3v) is 6.40. The minimum Gasteiger partial charge on any atom is -0.306 e. The second-order valence-corrected chi connectivity index (χ2v) is 8.60. The molecule has 3 aromatic heterocycles. The third kappa shape index (κ3) is 3.98. The summed E-state index contributed by atoms with van der Waals surface area (Å²) in [6.07, 6.45) is -2.02. The van der Waals surface area contributed by atoms with E-state index in [1.165, 1.54) is 17.0 Å². The zero-order chi connectivity index (χ0) is 21.6. The highest BCUT2D eigenvalue weighted by molar-refractivity contribution is 7.18. The van der Waals surface area contributed by atoms with Crippen LogP contribution < -0.4 is 5.56 Å². The molecule has 1 aliphatic rings. The normalized spacial score (nSPS) is 14.7. The fourth-order valence-electron chi connectivity index (χ4n) is 3.79. The molecule has 5 rings (SSSR count). The second kappa shape index (κ2) is 7.58. The van der Waals surface area contributed by atoms with Crippen LogP contribution in [0.25, 0.3) is 21.6 Å². The molecule has 0 amide bonds. The number of nitrogens with one attached hydrogen (secondary N) is 1. The second-order valence-electron chi connectivity index (χ2n) is 7.49. The minimum atomic E-state index is -4.40. The fraction of sp³-hybridized carbons (Fsp3) is 0.227. The van der Waals surface area contributed by atoms with Gasteiger partial charge in [0.25, 0.3) is 5.56 Å². The van der Waals surface area contributed by atoms with Crippen LogP contribution in [0.15, 0.2) is 53.5 Å². The molecule has 0 atom stereocenters. The number of thiophene rings is 1. The number of alkyl halides is 3. The van der Waals surface area contributed by atoms with Crippen LogP contribution in [-0.4, -0.2) is 26.4 Å². The van der Waals surface area contributed by atoms with Gasteiger partial charge in [-0.1, -0.05) is 18.2 Å². The van der Waals surface area contributed by atoms with E-state index in [9.17, 15) is 18.0 Å². The molecule has 0 bridgehead atoms. The number of halogens is 3. The molecule has 0 unspecified atom stereocenters. The predicted octanol–water partition coefficient (Wildman–Crippen LogP) is 4.62. The Balaban J connectivity index is 1.37. The molecule has 1 aromatic carbocycles. The standard InChI is InChI=1S/C22H17F3N4OS/c23-22(24,25)15-5-3-13(4-6-15)19-27-18-7-9-29(12-17(18)20(30)28-19)11-16-10-14-2-1-8-26-21(14)31-16/h1-6,8,10H,7,9,11-12H2,(H,27,28,30). The van der Waals surface area contributed by atoms with E-state index < -0.39 is 11.7 Å². The van der Waals surface area contributed by atoms with Crippen LogP contribution in [0.2, 0.25) is 0 Å². The Morgan fingerprint density at radius 2 is 1.97 bits per heavy atom. The van der Waals surface area contributed by atoms with Gasteiger partial charge in [-0.15, -0.1) is 11.3 Å². The highest BCUT2D eigenvalue weighted by Crippen LogP contribution is 2.31. The van der Waals surface area contributed by atoms with E-state index >= 15 is 0 Å². The Bertz CT molecular complexity index is 1280. The Hall–Kier alpha value is -3.04. The summed E-state index contributed by atoms with van der Waals surface area (Å²) in [7, 11) is 0. The maximum absolute atomic E-state index is 12.8. The van der Waals surface area contributed by atoms with E-state index in [2.05, 4.69) is 25.9 Å². The number of fused-ring (bicyclic) bond motifs is 2. The van der Waals surface area contributed by atoms with Gasteiger partial charge in [0.05, 0.1) is 16.8 Å². The maximum atomic E-state index is 12.8. The largest absolute Gasteiger partial charge is 0.416 e. The van der Waals surface area contributed by atoms with E-state index in [0.717, 1.165) is 35.4 Å². The molecule has 9 heteroatoms. The first kappa shape index (κ1) is 19.9. The number of rotatable bonds is 3. The topological polar surface area (TPSA) is 61.9 Å². The minimum absolute atomic E-state index is 0.248. The molecule has 0 fully saturated rings. The van der Waals surface area contributed by atoms with Crippen LogP contribution in [-0.2, 0) is 25.7 Å². The lowest BCUT2D eigenvalue weighted by molar-refractivity contribution is -0.137. The quantitative estimate of drug-likeness (QED) is 0.503.